The zero-order valence-corrected chi connectivity index (χ0v) is 12.9. The Morgan fingerprint density at radius 2 is 2.15 bits per heavy atom. The van der Waals surface area contributed by atoms with Gasteiger partial charge in [0, 0.05) is 33.3 Å². The van der Waals surface area contributed by atoms with Crippen LogP contribution < -0.4 is 10.1 Å². The van der Waals surface area contributed by atoms with E-state index < -0.39 is 0 Å². The molecule has 1 fully saturated rings. The van der Waals surface area contributed by atoms with Crippen molar-refractivity contribution in [1.82, 2.24) is 10.2 Å². The second-order valence-corrected chi connectivity index (χ2v) is 5.66. The first-order valence-corrected chi connectivity index (χ1v) is 7.20. The van der Waals surface area contributed by atoms with Gasteiger partial charge in [-0.05, 0) is 37.3 Å². The lowest BCUT2D eigenvalue weighted by Crippen LogP contribution is -2.35. The van der Waals surface area contributed by atoms with Crippen LogP contribution in [-0.2, 0) is 6.54 Å². The normalized spacial score (nSPS) is 15.1. The van der Waals surface area contributed by atoms with Crippen LogP contribution in [0.5, 0.6) is 5.75 Å². The molecule has 0 aliphatic heterocycles. The summed E-state index contributed by atoms with van der Waals surface area (Å²) in [5, 5.41) is 3.34. The number of rotatable bonds is 5. The Labute approximate surface area is 121 Å². The molecule has 1 saturated carbocycles. The van der Waals surface area contributed by atoms with Crippen molar-refractivity contribution < 1.29 is 4.74 Å². The highest BCUT2D eigenvalue weighted by atomic mass is 16.5. The molecule has 0 spiro atoms. The molecule has 1 N–H and O–H groups in total. The number of hydrogen-bond donors (Lipinski definition) is 1. The van der Waals surface area contributed by atoms with Crippen LogP contribution >= 0.6 is 0 Å². The molecule has 0 saturated heterocycles. The van der Waals surface area contributed by atoms with Crippen LogP contribution in [0.25, 0.3) is 0 Å². The van der Waals surface area contributed by atoms with Crippen LogP contribution in [-0.4, -0.2) is 38.6 Å². The average Bonchev–Trinajstić information content (AvgIpc) is 3.22. The monoisotopic (exact) mass is 275 g/mol. The van der Waals surface area contributed by atoms with Crippen molar-refractivity contribution in [3.05, 3.63) is 29.3 Å². The van der Waals surface area contributed by atoms with Gasteiger partial charge in [-0.2, -0.15) is 0 Å². The van der Waals surface area contributed by atoms with Crippen LogP contribution in [0.3, 0.4) is 0 Å². The second-order valence-electron chi connectivity index (χ2n) is 5.66. The van der Waals surface area contributed by atoms with Gasteiger partial charge >= 0.3 is 0 Å². The molecule has 110 valence electrons. The van der Waals surface area contributed by atoms with Crippen LogP contribution in [0, 0.1) is 12.8 Å². The smallest absolute Gasteiger partial charge is 0.193 e. The van der Waals surface area contributed by atoms with E-state index in [1.54, 1.807) is 7.05 Å². The maximum atomic E-state index is 5.97. The Kier molecular flexibility index (Phi) is 4.88. The number of guanidine groups is 1. The highest BCUT2D eigenvalue weighted by Crippen LogP contribution is 2.30. The molecule has 1 aliphatic carbocycles. The lowest BCUT2D eigenvalue weighted by Gasteiger charge is -2.18. The molecule has 0 heterocycles. The van der Waals surface area contributed by atoms with Crippen molar-refractivity contribution in [2.75, 3.05) is 27.7 Å². The zero-order chi connectivity index (χ0) is 14.5. The highest BCUT2D eigenvalue weighted by Gasteiger charge is 2.22. The first kappa shape index (κ1) is 14.7. The molecule has 0 atom stereocenters. The van der Waals surface area contributed by atoms with Gasteiger partial charge in [-0.3, -0.25) is 4.99 Å². The number of aryl methyl sites for hydroxylation is 1. The third-order valence-electron chi connectivity index (χ3n) is 3.47. The summed E-state index contributed by atoms with van der Waals surface area (Å²) in [7, 11) is 5.76. The lowest BCUT2D eigenvalue weighted by molar-refractivity contribution is 0.296. The standard InChI is InChI=1S/C16H25N3O/c1-12-5-8-14(10-18-16(17-2)19(3)4)15(9-12)20-11-13-6-7-13/h5,8-9,13H,6-7,10-11H2,1-4H3,(H,17,18). The van der Waals surface area contributed by atoms with Gasteiger partial charge in [-0.1, -0.05) is 12.1 Å². The van der Waals surface area contributed by atoms with E-state index in [0.29, 0.717) is 0 Å². The van der Waals surface area contributed by atoms with E-state index in [9.17, 15) is 0 Å². The first-order valence-electron chi connectivity index (χ1n) is 7.20. The third-order valence-corrected chi connectivity index (χ3v) is 3.47. The Balaban J connectivity index is 2.01. The molecular weight excluding hydrogens is 250 g/mol. The number of hydrogen-bond acceptors (Lipinski definition) is 2. The maximum Gasteiger partial charge on any atom is 0.193 e. The zero-order valence-electron chi connectivity index (χ0n) is 12.9. The van der Waals surface area contributed by atoms with Crippen molar-refractivity contribution in [2.24, 2.45) is 10.9 Å². The Morgan fingerprint density at radius 3 is 2.75 bits per heavy atom. The fourth-order valence-corrected chi connectivity index (χ4v) is 2.05. The number of nitrogens with zero attached hydrogens (tertiary/aromatic N) is 2. The summed E-state index contributed by atoms with van der Waals surface area (Å²) in [5.74, 6) is 2.64. The van der Waals surface area contributed by atoms with Gasteiger partial charge in [0.15, 0.2) is 5.96 Å². The maximum absolute atomic E-state index is 5.97. The molecular formula is C16H25N3O. The first-order chi connectivity index (χ1) is 9.60. The number of aliphatic imine (C=N–C) groups is 1. The molecule has 4 nitrogen and oxygen atoms in total. The van der Waals surface area contributed by atoms with Gasteiger partial charge < -0.3 is 15.0 Å². The summed E-state index contributed by atoms with van der Waals surface area (Å²) in [5.41, 5.74) is 2.41. The number of ether oxygens (including phenoxy) is 1. The Hall–Kier alpha value is -1.71. The average molecular weight is 275 g/mol. The Bertz CT molecular complexity index is 479. The number of benzene rings is 1. The SMILES string of the molecule is CN=C(NCc1ccc(C)cc1OCC1CC1)N(C)C. The summed E-state index contributed by atoms with van der Waals surface area (Å²) >= 11 is 0. The van der Waals surface area contributed by atoms with Gasteiger partial charge in [-0.25, -0.2) is 0 Å². The molecule has 1 aromatic carbocycles. The summed E-state index contributed by atoms with van der Waals surface area (Å²) in [4.78, 5) is 6.20. The summed E-state index contributed by atoms with van der Waals surface area (Å²) < 4.78 is 5.97. The fraction of sp³-hybridized carbons (Fsp3) is 0.562. The van der Waals surface area contributed by atoms with Crippen molar-refractivity contribution in [2.45, 2.75) is 26.3 Å². The van der Waals surface area contributed by atoms with Gasteiger partial charge in [0.05, 0.1) is 6.61 Å². The highest BCUT2D eigenvalue weighted by molar-refractivity contribution is 5.79. The molecule has 0 radical (unpaired) electrons. The van der Waals surface area contributed by atoms with Crippen LogP contribution in [0.15, 0.2) is 23.2 Å². The van der Waals surface area contributed by atoms with E-state index in [1.807, 2.05) is 19.0 Å². The minimum Gasteiger partial charge on any atom is -0.493 e. The Morgan fingerprint density at radius 1 is 1.40 bits per heavy atom. The predicted molar refractivity (Wildman–Crippen MR) is 83.3 cm³/mol. The third kappa shape index (κ3) is 4.15. The largest absolute Gasteiger partial charge is 0.493 e. The van der Waals surface area contributed by atoms with Gasteiger partial charge in [0.2, 0.25) is 0 Å². The van der Waals surface area contributed by atoms with Gasteiger partial charge in [0.25, 0.3) is 0 Å². The van der Waals surface area contributed by atoms with E-state index in [2.05, 4.69) is 35.4 Å². The molecule has 4 heteroatoms. The molecule has 2 rings (SSSR count). The minimum atomic E-state index is 0.727. The molecule has 1 aliphatic rings. The topological polar surface area (TPSA) is 36.9 Å². The van der Waals surface area contributed by atoms with Gasteiger partial charge in [0.1, 0.15) is 5.75 Å². The van der Waals surface area contributed by atoms with E-state index >= 15 is 0 Å². The van der Waals surface area contributed by atoms with E-state index in [1.165, 1.54) is 24.0 Å². The van der Waals surface area contributed by atoms with Crippen molar-refractivity contribution in [1.29, 1.82) is 0 Å². The minimum absolute atomic E-state index is 0.727. The second kappa shape index (κ2) is 6.64. The molecule has 0 amide bonds. The van der Waals surface area contributed by atoms with Gasteiger partial charge in [-0.15, -0.1) is 0 Å². The quantitative estimate of drug-likeness (QED) is 0.662. The van der Waals surface area contributed by atoms with E-state index in [-0.39, 0.29) is 0 Å². The van der Waals surface area contributed by atoms with Crippen LogP contribution in [0.2, 0.25) is 0 Å². The molecule has 0 aromatic heterocycles. The van der Waals surface area contributed by atoms with Crippen molar-refractivity contribution in [3.63, 3.8) is 0 Å². The summed E-state index contributed by atoms with van der Waals surface area (Å²) in [6, 6.07) is 6.38. The van der Waals surface area contributed by atoms with Crippen LogP contribution in [0.1, 0.15) is 24.0 Å². The predicted octanol–water partition coefficient (Wildman–Crippen LogP) is 2.42. The van der Waals surface area contributed by atoms with E-state index in [0.717, 1.165) is 30.8 Å². The van der Waals surface area contributed by atoms with Crippen LogP contribution in [0.4, 0.5) is 0 Å². The molecule has 0 unspecified atom stereocenters. The lowest BCUT2D eigenvalue weighted by atomic mass is 10.1. The molecule has 1 aromatic rings. The van der Waals surface area contributed by atoms with E-state index in [4.69, 9.17) is 4.74 Å². The fourth-order valence-electron chi connectivity index (χ4n) is 2.05. The van der Waals surface area contributed by atoms with Crippen molar-refractivity contribution >= 4 is 5.96 Å². The summed E-state index contributed by atoms with van der Waals surface area (Å²) in [6.07, 6.45) is 2.62. The van der Waals surface area contributed by atoms with Crippen molar-refractivity contribution in [3.8, 4) is 5.75 Å². The molecule has 20 heavy (non-hydrogen) atoms. The molecule has 0 bridgehead atoms. The number of nitrogens with one attached hydrogen (secondary N) is 1. The summed E-state index contributed by atoms with van der Waals surface area (Å²) in [6.45, 7) is 3.67.